The van der Waals surface area contributed by atoms with Crippen molar-refractivity contribution in [2.24, 2.45) is 0 Å². The first-order valence-electron chi connectivity index (χ1n) is 18.2. The van der Waals surface area contributed by atoms with E-state index in [1.807, 2.05) is 13.8 Å². The van der Waals surface area contributed by atoms with Crippen LogP contribution in [0, 0.1) is 0 Å². The number of pyridine rings is 1. The Labute approximate surface area is 304 Å². The molecule has 1 heterocycles. The summed E-state index contributed by atoms with van der Waals surface area (Å²) in [5, 5.41) is 10.9. The van der Waals surface area contributed by atoms with Gasteiger partial charge in [0.1, 0.15) is 0 Å². The van der Waals surface area contributed by atoms with E-state index in [2.05, 4.69) is 188 Å². The highest BCUT2D eigenvalue weighted by atomic mass is 14.7. The maximum absolute atomic E-state index is 5.64. The quantitative estimate of drug-likeness (QED) is 0.135. The molecule has 0 bridgehead atoms. The monoisotopic (exact) mass is 663 g/mol. The van der Waals surface area contributed by atoms with Gasteiger partial charge in [0.25, 0.3) is 0 Å². The largest absolute Gasteiger partial charge is 0.247 e. The van der Waals surface area contributed by atoms with E-state index in [9.17, 15) is 0 Å². The normalized spacial score (nSPS) is 11.3. The molecule has 0 saturated carbocycles. The second-order valence-corrected chi connectivity index (χ2v) is 13.1. The predicted octanol–water partition coefficient (Wildman–Crippen LogP) is 14.5. The van der Waals surface area contributed by atoms with Crippen LogP contribution in [0.4, 0.5) is 0 Å². The van der Waals surface area contributed by atoms with Gasteiger partial charge in [-0.2, -0.15) is 0 Å². The summed E-state index contributed by atoms with van der Waals surface area (Å²) < 4.78 is 0. The summed E-state index contributed by atoms with van der Waals surface area (Å²) >= 11 is 0. The Morgan fingerprint density at radius 2 is 0.827 bits per heavy atom. The zero-order valence-electron chi connectivity index (χ0n) is 29.3. The van der Waals surface area contributed by atoms with Crippen LogP contribution in [0.1, 0.15) is 13.8 Å². The third-order valence-electron chi connectivity index (χ3n) is 10.2. The van der Waals surface area contributed by atoms with Gasteiger partial charge in [0.15, 0.2) is 0 Å². The van der Waals surface area contributed by atoms with Crippen LogP contribution in [0.2, 0.25) is 0 Å². The van der Waals surface area contributed by atoms with Gasteiger partial charge in [-0.1, -0.05) is 190 Å². The minimum Gasteiger partial charge on any atom is -0.247 e. The van der Waals surface area contributed by atoms with Crippen molar-refractivity contribution in [3.63, 3.8) is 0 Å². The zero-order chi connectivity index (χ0) is 35.0. The van der Waals surface area contributed by atoms with E-state index in [1.165, 1.54) is 71.1 Å². The van der Waals surface area contributed by atoms with E-state index in [0.717, 1.165) is 27.5 Å². The molecule has 246 valence electrons. The van der Waals surface area contributed by atoms with Gasteiger partial charge in [0, 0.05) is 16.3 Å². The molecule has 0 aliphatic carbocycles. The first-order valence-corrected chi connectivity index (χ1v) is 18.2. The van der Waals surface area contributed by atoms with Gasteiger partial charge < -0.3 is 0 Å². The third kappa shape index (κ3) is 5.22. The van der Waals surface area contributed by atoms with Gasteiger partial charge >= 0.3 is 0 Å². The molecule has 0 spiro atoms. The molecule has 0 radical (unpaired) electrons. The van der Waals surface area contributed by atoms with Crippen molar-refractivity contribution in [2.75, 3.05) is 0 Å². The molecule has 10 rings (SSSR count). The van der Waals surface area contributed by atoms with Crippen molar-refractivity contribution in [3.05, 3.63) is 188 Å². The fraction of sp³-hybridized carbons (Fsp3) is 0.0392. The highest BCUT2D eigenvalue weighted by Gasteiger charge is 2.20. The topological polar surface area (TPSA) is 12.9 Å². The number of aromatic nitrogens is 1. The lowest BCUT2D eigenvalue weighted by molar-refractivity contribution is 1.43. The van der Waals surface area contributed by atoms with Gasteiger partial charge in [0.2, 0.25) is 0 Å². The van der Waals surface area contributed by atoms with Crippen LogP contribution < -0.4 is 0 Å². The number of fused-ring (bicyclic) bond motifs is 6. The molecule has 9 aromatic carbocycles. The summed E-state index contributed by atoms with van der Waals surface area (Å²) in [5.41, 5.74) is 10.4. The van der Waals surface area contributed by atoms with E-state index in [4.69, 9.17) is 4.98 Å². The maximum atomic E-state index is 5.64. The molecule has 0 N–H and O–H groups in total. The van der Waals surface area contributed by atoms with Crippen LogP contribution in [0.5, 0.6) is 0 Å². The highest BCUT2D eigenvalue weighted by molar-refractivity contribution is 6.22. The smallest absolute Gasteiger partial charge is 0.0794 e. The molecule has 52 heavy (non-hydrogen) atoms. The lowest BCUT2D eigenvalue weighted by Gasteiger charge is -2.19. The van der Waals surface area contributed by atoms with Crippen molar-refractivity contribution >= 4 is 54.0 Å². The summed E-state index contributed by atoms with van der Waals surface area (Å²) in [7, 11) is 0. The Morgan fingerprint density at radius 1 is 0.308 bits per heavy atom. The molecular weight excluding hydrogens is 627 g/mol. The maximum Gasteiger partial charge on any atom is 0.0794 e. The molecule has 1 nitrogen and oxygen atoms in total. The van der Waals surface area contributed by atoms with Crippen LogP contribution in [0.25, 0.3) is 98.6 Å². The summed E-state index contributed by atoms with van der Waals surface area (Å²) in [5.74, 6) is 0. The van der Waals surface area contributed by atoms with E-state index in [0.29, 0.717) is 0 Å². The molecule has 0 unspecified atom stereocenters. The Balaban J connectivity index is 0.00000177. The number of hydrogen-bond acceptors (Lipinski definition) is 1. The lowest BCUT2D eigenvalue weighted by Crippen LogP contribution is -1.95. The molecule has 0 saturated heterocycles. The Morgan fingerprint density at radius 3 is 1.48 bits per heavy atom. The number of benzene rings is 9. The average Bonchev–Trinajstić information content (AvgIpc) is 3.23. The average molecular weight is 664 g/mol. The molecule has 1 heteroatoms. The van der Waals surface area contributed by atoms with E-state index >= 15 is 0 Å². The molecule has 0 atom stereocenters. The van der Waals surface area contributed by atoms with Crippen LogP contribution >= 0.6 is 0 Å². The number of nitrogens with zero attached hydrogens (tertiary/aromatic N) is 1. The summed E-state index contributed by atoms with van der Waals surface area (Å²) in [6.07, 6.45) is 0. The van der Waals surface area contributed by atoms with Crippen LogP contribution in [0.15, 0.2) is 188 Å². The van der Waals surface area contributed by atoms with Crippen molar-refractivity contribution in [1.82, 2.24) is 4.98 Å². The fourth-order valence-corrected chi connectivity index (χ4v) is 7.96. The predicted molar refractivity (Wildman–Crippen MR) is 225 cm³/mol. The van der Waals surface area contributed by atoms with Gasteiger partial charge in [0.05, 0.1) is 11.2 Å². The van der Waals surface area contributed by atoms with E-state index in [-0.39, 0.29) is 0 Å². The second-order valence-electron chi connectivity index (χ2n) is 13.1. The molecule has 1 aromatic heterocycles. The molecule has 0 fully saturated rings. The van der Waals surface area contributed by atoms with Gasteiger partial charge in [-0.25, -0.2) is 4.98 Å². The van der Waals surface area contributed by atoms with Crippen LogP contribution in [0.3, 0.4) is 0 Å². The molecule has 0 amide bonds. The van der Waals surface area contributed by atoms with E-state index in [1.54, 1.807) is 0 Å². The lowest BCUT2D eigenvalue weighted by atomic mass is 9.86. The Kier molecular flexibility index (Phi) is 8.02. The molecule has 0 aliphatic rings. The van der Waals surface area contributed by atoms with Gasteiger partial charge in [-0.3, -0.25) is 0 Å². The van der Waals surface area contributed by atoms with Crippen molar-refractivity contribution < 1.29 is 0 Å². The summed E-state index contributed by atoms with van der Waals surface area (Å²) in [6.45, 7) is 4.00. The van der Waals surface area contributed by atoms with Crippen LogP contribution in [-0.4, -0.2) is 4.98 Å². The van der Waals surface area contributed by atoms with Gasteiger partial charge in [-0.15, -0.1) is 0 Å². The summed E-state index contributed by atoms with van der Waals surface area (Å²) in [4.78, 5) is 5.64. The fourth-order valence-electron chi connectivity index (χ4n) is 7.96. The number of rotatable bonds is 4. The SMILES string of the molecule is CC.c1ccc(-c2cccc3c2ccc2c(-c4ccccc4)cc(-c4c5ccccc5c(-c5ccc6ccccc6c5)c5ccccc45)nc23)cc1. The first-order chi connectivity index (χ1) is 25.8. The third-order valence-corrected chi connectivity index (χ3v) is 10.2. The standard InChI is InChI=1S/C49H31N.C2H6/c1-3-15-33(16-4-1)37-24-13-25-43-38(37)28-29-44-45(34-17-5-2-6-18-34)31-46(50-49(43)44)48-41-22-11-9-20-39(41)47(40-21-10-12-23-42(40)48)36-27-26-32-14-7-8-19-35(32)30-36;1-2/h1-31H;1-2H3. The Bertz CT molecular complexity index is 2850. The zero-order valence-corrected chi connectivity index (χ0v) is 29.3. The van der Waals surface area contributed by atoms with Crippen molar-refractivity contribution in [3.8, 4) is 44.6 Å². The molecular formula is C51H37N. The van der Waals surface area contributed by atoms with Gasteiger partial charge in [-0.05, 0) is 83.2 Å². The number of hydrogen-bond donors (Lipinski definition) is 0. The van der Waals surface area contributed by atoms with Crippen molar-refractivity contribution in [2.45, 2.75) is 13.8 Å². The Hall–Kier alpha value is -6.57. The van der Waals surface area contributed by atoms with E-state index < -0.39 is 0 Å². The van der Waals surface area contributed by atoms with Crippen molar-refractivity contribution in [1.29, 1.82) is 0 Å². The summed E-state index contributed by atoms with van der Waals surface area (Å²) in [6, 6.07) is 68.1. The van der Waals surface area contributed by atoms with Crippen LogP contribution in [-0.2, 0) is 0 Å². The minimum atomic E-state index is 0.978. The molecule has 0 aliphatic heterocycles. The highest BCUT2D eigenvalue weighted by Crippen LogP contribution is 2.46. The molecule has 10 aromatic rings. The minimum absolute atomic E-state index is 0.978. The first kappa shape index (κ1) is 31.4. The second kappa shape index (κ2) is 13.3.